The summed E-state index contributed by atoms with van der Waals surface area (Å²) in [5.74, 6) is 0.940. The zero-order valence-corrected chi connectivity index (χ0v) is 12.2. The summed E-state index contributed by atoms with van der Waals surface area (Å²) in [5, 5.41) is 7.96. The van der Waals surface area contributed by atoms with Crippen LogP contribution in [0.1, 0.15) is 37.7 Å². The van der Waals surface area contributed by atoms with Gasteiger partial charge < -0.3 is 10.2 Å². The fourth-order valence-electron chi connectivity index (χ4n) is 3.76. The van der Waals surface area contributed by atoms with E-state index in [4.69, 9.17) is 0 Å². The van der Waals surface area contributed by atoms with Crippen LogP contribution in [-0.2, 0) is 13.6 Å². The first-order chi connectivity index (χ1) is 9.19. The minimum absolute atomic E-state index is 0.826. The molecule has 4 heteroatoms. The number of rotatable bonds is 5. The lowest BCUT2D eigenvalue weighted by Crippen LogP contribution is -2.38. The van der Waals surface area contributed by atoms with Crippen molar-refractivity contribution in [3.63, 3.8) is 0 Å². The normalized spacial score (nSPS) is 30.2. The van der Waals surface area contributed by atoms with Gasteiger partial charge in [-0.15, -0.1) is 0 Å². The molecule has 2 aliphatic heterocycles. The van der Waals surface area contributed by atoms with E-state index < -0.39 is 0 Å². The van der Waals surface area contributed by atoms with Gasteiger partial charge >= 0.3 is 0 Å². The summed E-state index contributed by atoms with van der Waals surface area (Å²) in [6, 6.07) is 1.65. The summed E-state index contributed by atoms with van der Waals surface area (Å²) >= 11 is 0. The maximum absolute atomic E-state index is 4.23. The Morgan fingerprint density at radius 2 is 2.11 bits per heavy atom. The van der Waals surface area contributed by atoms with Crippen molar-refractivity contribution in [3.8, 4) is 0 Å². The Kier molecular flexibility index (Phi) is 3.89. The first kappa shape index (κ1) is 13.1. The van der Waals surface area contributed by atoms with Crippen molar-refractivity contribution in [2.75, 3.05) is 13.6 Å². The zero-order valence-electron chi connectivity index (χ0n) is 12.2. The summed E-state index contributed by atoms with van der Waals surface area (Å²) in [5.41, 5.74) is 1.32. The van der Waals surface area contributed by atoms with Gasteiger partial charge in [-0.25, -0.2) is 0 Å². The molecule has 2 aliphatic rings. The maximum Gasteiger partial charge on any atom is 0.0534 e. The number of nitrogens with one attached hydrogen (secondary N) is 1. The van der Waals surface area contributed by atoms with E-state index in [9.17, 15) is 0 Å². The van der Waals surface area contributed by atoms with Crippen molar-refractivity contribution >= 4 is 0 Å². The molecule has 2 fully saturated rings. The Balaban J connectivity index is 1.42. The number of fused-ring (bicyclic) bond motifs is 2. The Morgan fingerprint density at radius 1 is 1.37 bits per heavy atom. The molecule has 1 aromatic rings. The lowest BCUT2D eigenvalue weighted by Gasteiger charge is -2.30. The smallest absolute Gasteiger partial charge is 0.0534 e. The maximum atomic E-state index is 4.23. The third kappa shape index (κ3) is 3.37. The number of aryl methyl sites for hydroxylation is 1. The summed E-state index contributed by atoms with van der Waals surface area (Å²) < 4.78 is 1.88. The van der Waals surface area contributed by atoms with Gasteiger partial charge in [0, 0.05) is 37.4 Å². The van der Waals surface area contributed by atoms with Crippen LogP contribution in [-0.4, -0.2) is 40.4 Å². The molecule has 2 bridgehead atoms. The molecule has 0 radical (unpaired) electrons. The summed E-state index contributed by atoms with van der Waals surface area (Å²) in [6.45, 7) is 2.23. The second-order valence-corrected chi connectivity index (χ2v) is 6.52. The number of hydrogen-bond donors (Lipinski definition) is 1. The van der Waals surface area contributed by atoms with Crippen LogP contribution in [0.5, 0.6) is 0 Å². The predicted octanol–water partition coefficient (Wildman–Crippen LogP) is 1.77. The van der Waals surface area contributed by atoms with Gasteiger partial charge in [0.2, 0.25) is 0 Å². The van der Waals surface area contributed by atoms with E-state index in [0.29, 0.717) is 0 Å². The number of hydrogen-bond acceptors (Lipinski definition) is 3. The molecule has 0 spiro atoms. The Hall–Kier alpha value is -0.870. The standard InChI is InChI=1S/C15H26N4/c1-18(10-13-9-16-19(2)11-13)6-5-12-7-14-3-4-15(8-12)17-14/h9,11-12,14-15,17H,3-8,10H2,1-2H3. The molecule has 2 saturated heterocycles. The monoisotopic (exact) mass is 262 g/mol. The van der Waals surface area contributed by atoms with Crippen molar-refractivity contribution in [1.29, 1.82) is 0 Å². The van der Waals surface area contributed by atoms with Crippen LogP contribution in [0, 0.1) is 5.92 Å². The highest BCUT2D eigenvalue weighted by atomic mass is 15.2. The third-order valence-corrected chi connectivity index (χ3v) is 4.70. The van der Waals surface area contributed by atoms with Crippen LogP contribution >= 0.6 is 0 Å². The highest BCUT2D eigenvalue weighted by molar-refractivity contribution is 5.03. The van der Waals surface area contributed by atoms with Gasteiger partial charge in [0.05, 0.1) is 6.20 Å². The van der Waals surface area contributed by atoms with Crippen molar-refractivity contribution in [2.24, 2.45) is 13.0 Å². The highest BCUT2D eigenvalue weighted by Gasteiger charge is 2.33. The van der Waals surface area contributed by atoms with Gasteiger partial charge in [-0.05, 0) is 51.6 Å². The topological polar surface area (TPSA) is 33.1 Å². The Morgan fingerprint density at radius 3 is 2.74 bits per heavy atom. The summed E-state index contributed by atoms with van der Waals surface area (Å²) in [6.07, 6.45) is 11.1. The van der Waals surface area contributed by atoms with Gasteiger partial charge in [-0.1, -0.05) is 0 Å². The van der Waals surface area contributed by atoms with Gasteiger partial charge in [0.15, 0.2) is 0 Å². The molecule has 19 heavy (non-hydrogen) atoms. The molecule has 3 rings (SSSR count). The van der Waals surface area contributed by atoms with Crippen molar-refractivity contribution in [1.82, 2.24) is 20.0 Å². The Labute approximate surface area is 116 Å². The highest BCUT2D eigenvalue weighted by Crippen LogP contribution is 2.32. The molecule has 3 heterocycles. The molecule has 1 aromatic heterocycles. The summed E-state index contributed by atoms with van der Waals surface area (Å²) in [4.78, 5) is 2.43. The van der Waals surface area contributed by atoms with E-state index in [1.54, 1.807) is 0 Å². The number of aromatic nitrogens is 2. The fraction of sp³-hybridized carbons (Fsp3) is 0.800. The fourth-order valence-corrected chi connectivity index (χ4v) is 3.76. The summed E-state index contributed by atoms with van der Waals surface area (Å²) in [7, 11) is 4.21. The van der Waals surface area contributed by atoms with Crippen LogP contribution in [0.3, 0.4) is 0 Å². The number of nitrogens with zero attached hydrogens (tertiary/aromatic N) is 3. The first-order valence-corrected chi connectivity index (χ1v) is 7.61. The molecule has 1 N–H and O–H groups in total. The van der Waals surface area contributed by atoms with Gasteiger partial charge in [0.1, 0.15) is 0 Å². The molecule has 2 unspecified atom stereocenters. The van der Waals surface area contributed by atoms with Crippen molar-refractivity contribution < 1.29 is 0 Å². The van der Waals surface area contributed by atoms with Crippen molar-refractivity contribution in [3.05, 3.63) is 18.0 Å². The third-order valence-electron chi connectivity index (χ3n) is 4.70. The van der Waals surface area contributed by atoms with E-state index >= 15 is 0 Å². The van der Waals surface area contributed by atoms with E-state index in [1.807, 2.05) is 17.9 Å². The molecular weight excluding hydrogens is 236 g/mol. The largest absolute Gasteiger partial charge is 0.311 e. The van der Waals surface area contributed by atoms with Crippen molar-refractivity contribution in [2.45, 2.75) is 50.7 Å². The van der Waals surface area contributed by atoms with E-state index in [2.05, 4.69) is 28.6 Å². The first-order valence-electron chi connectivity index (χ1n) is 7.61. The molecule has 2 atom stereocenters. The van der Waals surface area contributed by atoms with Crippen LogP contribution < -0.4 is 5.32 Å². The van der Waals surface area contributed by atoms with Crippen LogP contribution in [0.15, 0.2) is 12.4 Å². The Bertz CT molecular complexity index is 402. The van der Waals surface area contributed by atoms with Gasteiger partial charge in [-0.3, -0.25) is 4.68 Å². The molecular formula is C15H26N4. The van der Waals surface area contributed by atoms with Crippen LogP contribution in [0.2, 0.25) is 0 Å². The minimum Gasteiger partial charge on any atom is -0.311 e. The second-order valence-electron chi connectivity index (χ2n) is 6.52. The quantitative estimate of drug-likeness (QED) is 0.878. The SMILES string of the molecule is CN(CCC1CC2CCC(C1)N2)Cc1cnn(C)c1. The molecule has 0 saturated carbocycles. The van der Waals surface area contributed by atoms with Gasteiger partial charge in [-0.2, -0.15) is 5.10 Å². The molecule has 0 aliphatic carbocycles. The molecule has 0 aromatic carbocycles. The average molecular weight is 262 g/mol. The number of piperidine rings is 1. The molecule has 4 nitrogen and oxygen atoms in total. The predicted molar refractivity (Wildman–Crippen MR) is 76.8 cm³/mol. The van der Waals surface area contributed by atoms with Crippen LogP contribution in [0.4, 0.5) is 0 Å². The minimum atomic E-state index is 0.826. The lowest BCUT2D eigenvalue weighted by molar-refractivity contribution is 0.238. The zero-order chi connectivity index (χ0) is 13.2. The second kappa shape index (κ2) is 5.63. The molecule has 106 valence electrons. The van der Waals surface area contributed by atoms with Crippen LogP contribution in [0.25, 0.3) is 0 Å². The van der Waals surface area contributed by atoms with E-state index in [1.165, 1.54) is 44.2 Å². The lowest BCUT2D eigenvalue weighted by atomic mass is 9.89. The molecule has 0 amide bonds. The van der Waals surface area contributed by atoms with Gasteiger partial charge in [0.25, 0.3) is 0 Å². The van der Waals surface area contributed by atoms with E-state index in [0.717, 1.165) is 24.5 Å². The van der Waals surface area contributed by atoms with E-state index in [-0.39, 0.29) is 0 Å². The average Bonchev–Trinajstić information content (AvgIpc) is 2.93.